The van der Waals surface area contributed by atoms with E-state index in [1.54, 1.807) is 36.4 Å². The molecule has 3 aromatic rings. The molecule has 3 rings (SSSR count). The molecule has 0 unspecified atom stereocenters. The number of carbonyl (C=O) groups excluding carboxylic acids is 2. The van der Waals surface area contributed by atoms with E-state index >= 15 is 0 Å². The highest BCUT2D eigenvalue weighted by Gasteiger charge is 2.15. The predicted molar refractivity (Wildman–Crippen MR) is 121 cm³/mol. The maximum atomic E-state index is 12.3. The number of hydrogen-bond acceptors (Lipinski definition) is 4. The fourth-order valence-electron chi connectivity index (χ4n) is 3.43. The molecule has 0 saturated heterocycles. The van der Waals surface area contributed by atoms with Gasteiger partial charge in [0.05, 0.1) is 12.1 Å². The minimum Gasteiger partial charge on any atom is -0.427 e. The van der Waals surface area contributed by atoms with Crippen molar-refractivity contribution in [3.8, 4) is 5.75 Å². The summed E-state index contributed by atoms with van der Waals surface area (Å²) < 4.78 is 7.47. The third kappa shape index (κ3) is 6.04. The lowest BCUT2D eigenvalue weighted by molar-refractivity contribution is -0.134. The second-order valence-electron chi connectivity index (χ2n) is 8.04. The lowest BCUT2D eigenvalue weighted by atomic mass is 10.1. The number of esters is 1. The standard InChI is InChI=1S/C25H29N3O3/c1-17(2)16-28-19(4)23(18(3)27-28)14-15-24(29)31-22-12-10-21(11-13-22)26-25(30)20-8-6-5-7-9-20/h5-13,17H,14-16H2,1-4H3,(H,26,30). The van der Waals surface area contributed by atoms with Crippen molar-refractivity contribution < 1.29 is 14.3 Å². The molecule has 6 nitrogen and oxygen atoms in total. The molecule has 0 atom stereocenters. The average molecular weight is 420 g/mol. The van der Waals surface area contributed by atoms with Gasteiger partial charge in [-0.1, -0.05) is 32.0 Å². The van der Waals surface area contributed by atoms with E-state index in [0.717, 1.165) is 23.5 Å². The molecule has 1 amide bonds. The molecule has 31 heavy (non-hydrogen) atoms. The number of aryl methyl sites for hydroxylation is 1. The van der Waals surface area contributed by atoms with E-state index < -0.39 is 0 Å². The van der Waals surface area contributed by atoms with E-state index in [-0.39, 0.29) is 18.3 Å². The summed E-state index contributed by atoms with van der Waals surface area (Å²) in [5.74, 6) is 0.480. The summed E-state index contributed by atoms with van der Waals surface area (Å²) in [5.41, 5.74) is 4.40. The van der Waals surface area contributed by atoms with Crippen LogP contribution >= 0.6 is 0 Å². The van der Waals surface area contributed by atoms with Crippen molar-refractivity contribution in [1.29, 1.82) is 0 Å². The highest BCUT2D eigenvalue weighted by molar-refractivity contribution is 6.04. The SMILES string of the molecule is Cc1nn(CC(C)C)c(C)c1CCC(=O)Oc1ccc(NC(=O)c2ccccc2)cc1. The number of rotatable bonds is 8. The first-order chi connectivity index (χ1) is 14.8. The van der Waals surface area contributed by atoms with Gasteiger partial charge >= 0.3 is 5.97 Å². The second-order valence-corrected chi connectivity index (χ2v) is 8.04. The number of aromatic nitrogens is 2. The van der Waals surface area contributed by atoms with Crippen LogP contribution in [0.15, 0.2) is 54.6 Å². The van der Waals surface area contributed by atoms with Crippen molar-refractivity contribution in [2.75, 3.05) is 5.32 Å². The molecule has 162 valence electrons. The van der Waals surface area contributed by atoms with Crippen LogP contribution in [0.2, 0.25) is 0 Å². The van der Waals surface area contributed by atoms with Gasteiger partial charge in [0.25, 0.3) is 5.91 Å². The number of nitrogens with zero attached hydrogens (tertiary/aromatic N) is 2. The zero-order chi connectivity index (χ0) is 22.4. The smallest absolute Gasteiger partial charge is 0.311 e. The molecule has 0 radical (unpaired) electrons. The largest absolute Gasteiger partial charge is 0.427 e. The number of amides is 1. The Hall–Kier alpha value is -3.41. The lowest BCUT2D eigenvalue weighted by Gasteiger charge is -2.09. The molecule has 1 aromatic heterocycles. The summed E-state index contributed by atoms with van der Waals surface area (Å²) in [6, 6.07) is 15.8. The van der Waals surface area contributed by atoms with Crippen LogP contribution in [0.5, 0.6) is 5.75 Å². The summed E-state index contributed by atoms with van der Waals surface area (Å²) in [5, 5.41) is 7.42. The maximum Gasteiger partial charge on any atom is 0.311 e. The van der Waals surface area contributed by atoms with Gasteiger partial charge in [-0.2, -0.15) is 5.10 Å². The highest BCUT2D eigenvalue weighted by atomic mass is 16.5. The van der Waals surface area contributed by atoms with Crippen molar-refractivity contribution >= 4 is 17.6 Å². The van der Waals surface area contributed by atoms with Crippen LogP contribution in [0.25, 0.3) is 0 Å². The van der Waals surface area contributed by atoms with Crippen LogP contribution in [0.3, 0.4) is 0 Å². The molecular weight excluding hydrogens is 390 g/mol. The van der Waals surface area contributed by atoms with E-state index in [9.17, 15) is 9.59 Å². The molecule has 0 fully saturated rings. The molecule has 0 saturated carbocycles. The number of ether oxygens (including phenoxy) is 1. The molecule has 0 aliphatic heterocycles. The van der Waals surface area contributed by atoms with Gasteiger partial charge in [-0.3, -0.25) is 14.3 Å². The Morgan fingerprint density at radius 2 is 1.71 bits per heavy atom. The van der Waals surface area contributed by atoms with Gasteiger partial charge in [-0.05, 0) is 68.1 Å². The fraction of sp³-hybridized carbons (Fsp3) is 0.320. The Balaban J connectivity index is 1.53. The maximum absolute atomic E-state index is 12.3. The zero-order valence-electron chi connectivity index (χ0n) is 18.5. The lowest BCUT2D eigenvalue weighted by Crippen LogP contribution is -2.12. The Kier molecular flexibility index (Phi) is 7.23. The number of nitrogens with one attached hydrogen (secondary N) is 1. The van der Waals surface area contributed by atoms with Crippen LogP contribution in [0.4, 0.5) is 5.69 Å². The molecule has 6 heteroatoms. The molecule has 1 heterocycles. The summed E-state index contributed by atoms with van der Waals surface area (Å²) in [7, 11) is 0. The minimum absolute atomic E-state index is 0.186. The number of carbonyl (C=O) groups is 2. The van der Waals surface area contributed by atoms with Crippen molar-refractivity contribution in [1.82, 2.24) is 9.78 Å². The van der Waals surface area contributed by atoms with E-state index in [0.29, 0.717) is 29.3 Å². The molecular formula is C25H29N3O3. The van der Waals surface area contributed by atoms with Gasteiger partial charge in [0.1, 0.15) is 5.75 Å². The van der Waals surface area contributed by atoms with E-state index in [1.165, 1.54) is 0 Å². The first-order valence-corrected chi connectivity index (χ1v) is 10.5. The van der Waals surface area contributed by atoms with E-state index in [2.05, 4.69) is 24.3 Å². The predicted octanol–water partition coefficient (Wildman–Crippen LogP) is 4.95. The van der Waals surface area contributed by atoms with Crippen molar-refractivity contribution in [3.05, 3.63) is 77.1 Å². The van der Waals surface area contributed by atoms with Crippen LogP contribution in [-0.4, -0.2) is 21.7 Å². The quantitative estimate of drug-likeness (QED) is 0.414. The van der Waals surface area contributed by atoms with Crippen molar-refractivity contribution in [3.63, 3.8) is 0 Å². The molecule has 0 aliphatic carbocycles. The summed E-state index contributed by atoms with van der Waals surface area (Å²) in [6.07, 6.45) is 0.876. The van der Waals surface area contributed by atoms with Gasteiger partial charge in [0.15, 0.2) is 0 Å². The second kappa shape index (κ2) is 10.1. The van der Waals surface area contributed by atoms with E-state index in [1.807, 2.05) is 36.7 Å². The zero-order valence-corrected chi connectivity index (χ0v) is 18.5. The Morgan fingerprint density at radius 3 is 2.35 bits per heavy atom. The van der Waals surface area contributed by atoms with Gasteiger partial charge < -0.3 is 10.1 Å². The van der Waals surface area contributed by atoms with Crippen LogP contribution < -0.4 is 10.1 Å². The normalized spacial score (nSPS) is 10.9. The van der Waals surface area contributed by atoms with Crippen molar-refractivity contribution in [2.24, 2.45) is 5.92 Å². The van der Waals surface area contributed by atoms with Crippen LogP contribution in [-0.2, 0) is 17.8 Å². The third-order valence-corrected chi connectivity index (χ3v) is 5.03. The van der Waals surface area contributed by atoms with Gasteiger partial charge in [-0.15, -0.1) is 0 Å². The Morgan fingerprint density at radius 1 is 1.03 bits per heavy atom. The monoisotopic (exact) mass is 419 g/mol. The summed E-state index contributed by atoms with van der Waals surface area (Å²) >= 11 is 0. The molecule has 0 spiro atoms. The van der Waals surface area contributed by atoms with Gasteiger partial charge in [0, 0.05) is 23.5 Å². The highest BCUT2D eigenvalue weighted by Crippen LogP contribution is 2.19. The van der Waals surface area contributed by atoms with Crippen LogP contribution in [0.1, 0.15) is 47.6 Å². The third-order valence-electron chi connectivity index (χ3n) is 5.03. The topological polar surface area (TPSA) is 73.2 Å². The van der Waals surface area contributed by atoms with Gasteiger partial charge in [-0.25, -0.2) is 0 Å². The Labute approximate surface area is 183 Å². The average Bonchev–Trinajstić information content (AvgIpc) is 3.00. The summed E-state index contributed by atoms with van der Waals surface area (Å²) in [4.78, 5) is 24.5. The van der Waals surface area contributed by atoms with Crippen molar-refractivity contribution in [2.45, 2.75) is 47.1 Å². The molecule has 0 aliphatic rings. The Bertz CT molecular complexity index is 1040. The minimum atomic E-state index is -0.295. The fourth-order valence-corrected chi connectivity index (χ4v) is 3.43. The van der Waals surface area contributed by atoms with E-state index in [4.69, 9.17) is 4.74 Å². The molecule has 0 bridgehead atoms. The van der Waals surface area contributed by atoms with Gasteiger partial charge in [0.2, 0.25) is 0 Å². The number of benzene rings is 2. The first-order valence-electron chi connectivity index (χ1n) is 10.5. The molecule has 1 N–H and O–H groups in total. The summed E-state index contributed by atoms with van der Waals surface area (Å²) in [6.45, 7) is 9.21. The number of anilines is 1. The van der Waals surface area contributed by atoms with Crippen LogP contribution in [0, 0.1) is 19.8 Å². The molecule has 2 aromatic carbocycles. The first kappa shape index (κ1) is 22.3. The number of hydrogen-bond donors (Lipinski definition) is 1.